The summed E-state index contributed by atoms with van der Waals surface area (Å²) < 4.78 is 0. The van der Waals surface area contributed by atoms with Crippen molar-refractivity contribution in [2.24, 2.45) is 5.10 Å². The first-order valence-corrected chi connectivity index (χ1v) is 4.61. The van der Waals surface area contributed by atoms with Gasteiger partial charge in [0, 0.05) is 18.6 Å². The Kier molecular flexibility index (Phi) is 3.77. The number of rotatable bonds is 3. The lowest BCUT2D eigenvalue weighted by molar-refractivity contribution is 0.377. The van der Waals surface area contributed by atoms with Crippen LogP contribution in [0.25, 0.3) is 0 Å². The molecule has 0 heterocycles. The molecular formula is C10H13ClN2. The second-order valence-electron chi connectivity index (χ2n) is 2.77. The molecule has 1 aromatic rings. The normalized spacial score (nSPS) is 10.7. The fourth-order valence-corrected chi connectivity index (χ4v) is 0.922. The van der Waals surface area contributed by atoms with E-state index >= 15 is 0 Å². The Balaban J connectivity index is 2.64. The first-order chi connectivity index (χ1) is 6.22. The number of hydrogen-bond acceptors (Lipinski definition) is 2. The van der Waals surface area contributed by atoms with Crippen molar-refractivity contribution in [3.8, 4) is 0 Å². The molecule has 1 rings (SSSR count). The van der Waals surface area contributed by atoms with Gasteiger partial charge in [-0.05, 0) is 24.6 Å². The summed E-state index contributed by atoms with van der Waals surface area (Å²) in [6.07, 6.45) is 1.82. The zero-order chi connectivity index (χ0) is 9.68. The predicted octanol–water partition coefficient (Wildman–Crippen LogP) is 2.63. The van der Waals surface area contributed by atoms with Crippen molar-refractivity contribution in [3.05, 3.63) is 34.9 Å². The Hall–Kier alpha value is -1.02. The molecule has 0 aliphatic rings. The fraction of sp³-hybridized carbons (Fsp3) is 0.300. The molecule has 0 aliphatic heterocycles. The Labute approximate surface area is 83.8 Å². The molecule has 0 N–H and O–H groups in total. The van der Waals surface area contributed by atoms with Crippen LogP contribution in [0.2, 0.25) is 5.02 Å². The van der Waals surface area contributed by atoms with Crippen molar-refractivity contribution >= 4 is 17.8 Å². The first-order valence-electron chi connectivity index (χ1n) is 4.23. The van der Waals surface area contributed by atoms with Crippen LogP contribution in [0.4, 0.5) is 0 Å². The van der Waals surface area contributed by atoms with Crippen LogP contribution in [0.3, 0.4) is 0 Å². The van der Waals surface area contributed by atoms with Gasteiger partial charge in [0.2, 0.25) is 0 Å². The first kappa shape index (κ1) is 10.1. The third-order valence-electron chi connectivity index (χ3n) is 1.73. The summed E-state index contributed by atoms with van der Waals surface area (Å²) in [5.74, 6) is 0. The highest BCUT2D eigenvalue weighted by Gasteiger charge is 1.89. The van der Waals surface area contributed by atoms with E-state index in [-0.39, 0.29) is 0 Å². The van der Waals surface area contributed by atoms with Crippen molar-refractivity contribution in [1.82, 2.24) is 5.01 Å². The third kappa shape index (κ3) is 3.47. The molecule has 0 saturated carbocycles. The topological polar surface area (TPSA) is 15.6 Å². The summed E-state index contributed by atoms with van der Waals surface area (Å²) in [7, 11) is 1.94. The van der Waals surface area contributed by atoms with Crippen LogP contribution in [0.15, 0.2) is 29.4 Å². The Bertz CT molecular complexity index is 279. The van der Waals surface area contributed by atoms with E-state index in [0.29, 0.717) is 0 Å². The molecule has 0 fully saturated rings. The monoisotopic (exact) mass is 196 g/mol. The molecule has 0 spiro atoms. The second kappa shape index (κ2) is 4.87. The molecule has 0 bridgehead atoms. The molecule has 0 saturated heterocycles. The lowest BCUT2D eigenvalue weighted by Gasteiger charge is -2.07. The highest BCUT2D eigenvalue weighted by atomic mass is 35.5. The molecule has 0 unspecified atom stereocenters. The average Bonchev–Trinajstić information content (AvgIpc) is 2.16. The SMILES string of the molecule is CCN(C)/N=C/c1ccc(Cl)cc1. The van der Waals surface area contributed by atoms with E-state index in [0.717, 1.165) is 17.1 Å². The lowest BCUT2D eigenvalue weighted by Crippen LogP contribution is -2.09. The molecule has 0 radical (unpaired) electrons. The van der Waals surface area contributed by atoms with Gasteiger partial charge in [0.1, 0.15) is 0 Å². The molecule has 13 heavy (non-hydrogen) atoms. The van der Waals surface area contributed by atoms with E-state index in [9.17, 15) is 0 Å². The number of halogens is 1. The maximum atomic E-state index is 5.75. The second-order valence-corrected chi connectivity index (χ2v) is 3.21. The molecule has 0 amide bonds. The van der Waals surface area contributed by atoms with Gasteiger partial charge < -0.3 is 5.01 Å². The van der Waals surface area contributed by atoms with E-state index in [1.165, 1.54) is 0 Å². The van der Waals surface area contributed by atoms with Crippen LogP contribution in [-0.4, -0.2) is 24.8 Å². The van der Waals surface area contributed by atoms with Crippen LogP contribution in [0.1, 0.15) is 12.5 Å². The maximum absolute atomic E-state index is 5.75. The van der Waals surface area contributed by atoms with Crippen LogP contribution in [0.5, 0.6) is 0 Å². The number of hydrogen-bond donors (Lipinski definition) is 0. The van der Waals surface area contributed by atoms with Crippen molar-refractivity contribution in [3.63, 3.8) is 0 Å². The Morgan fingerprint density at radius 2 is 2.00 bits per heavy atom. The Morgan fingerprint density at radius 3 is 2.54 bits per heavy atom. The van der Waals surface area contributed by atoms with E-state index in [1.807, 2.05) is 42.5 Å². The number of nitrogens with zero attached hydrogens (tertiary/aromatic N) is 2. The van der Waals surface area contributed by atoms with E-state index in [2.05, 4.69) is 12.0 Å². The van der Waals surface area contributed by atoms with Crippen LogP contribution >= 0.6 is 11.6 Å². The van der Waals surface area contributed by atoms with Crippen molar-refractivity contribution < 1.29 is 0 Å². The Morgan fingerprint density at radius 1 is 1.38 bits per heavy atom. The van der Waals surface area contributed by atoms with Crippen molar-refractivity contribution in [2.45, 2.75) is 6.92 Å². The number of hydrazone groups is 1. The smallest absolute Gasteiger partial charge is 0.0542 e. The molecule has 0 aromatic heterocycles. The van der Waals surface area contributed by atoms with Crippen molar-refractivity contribution in [2.75, 3.05) is 13.6 Å². The van der Waals surface area contributed by atoms with Crippen LogP contribution < -0.4 is 0 Å². The quantitative estimate of drug-likeness (QED) is 0.536. The van der Waals surface area contributed by atoms with Gasteiger partial charge in [-0.25, -0.2) is 0 Å². The van der Waals surface area contributed by atoms with E-state index in [1.54, 1.807) is 0 Å². The highest BCUT2D eigenvalue weighted by molar-refractivity contribution is 6.30. The zero-order valence-electron chi connectivity index (χ0n) is 7.87. The minimum Gasteiger partial charge on any atom is -0.300 e. The molecule has 3 heteroatoms. The summed E-state index contributed by atoms with van der Waals surface area (Å²) in [5, 5.41) is 6.83. The van der Waals surface area contributed by atoms with Crippen molar-refractivity contribution in [1.29, 1.82) is 0 Å². The summed E-state index contributed by atoms with van der Waals surface area (Å²) in [6.45, 7) is 2.96. The summed E-state index contributed by atoms with van der Waals surface area (Å²) >= 11 is 5.75. The molecule has 2 nitrogen and oxygen atoms in total. The van der Waals surface area contributed by atoms with Gasteiger partial charge in [0.05, 0.1) is 6.21 Å². The van der Waals surface area contributed by atoms with E-state index < -0.39 is 0 Å². The van der Waals surface area contributed by atoms with Gasteiger partial charge in [-0.2, -0.15) is 5.10 Å². The largest absolute Gasteiger partial charge is 0.300 e. The summed E-state index contributed by atoms with van der Waals surface area (Å²) in [4.78, 5) is 0. The van der Waals surface area contributed by atoms with Gasteiger partial charge >= 0.3 is 0 Å². The van der Waals surface area contributed by atoms with Gasteiger partial charge in [-0.15, -0.1) is 0 Å². The molecule has 0 aliphatic carbocycles. The van der Waals surface area contributed by atoms with Gasteiger partial charge in [0.25, 0.3) is 0 Å². The fourth-order valence-electron chi connectivity index (χ4n) is 0.796. The average molecular weight is 197 g/mol. The van der Waals surface area contributed by atoms with E-state index in [4.69, 9.17) is 11.6 Å². The number of benzene rings is 1. The molecule has 1 aromatic carbocycles. The molecule has 0 atom stereocenters. The lowest BCUT2D eigenvalue weighted by atomic mass is 10.2. The maximum Gasteiger partial charge on any atom is 0.0542 e. The summed E-state index contributed by atoms with van der Waals surface area (Å²) in [6, 6.07) is 7.59. The van der Waals surface area contributed by atoms with Crippen LogP contribution in [0, 0.1) is 0 Å². The predicted molar refractivity (Wildman–Crippen MR) is 57.4 cm³/mol. The van der Waals surface area contributed by atoms with Gasteiger partial charge in [-0.3, -0.25) is 0 Å². The van der Waals surface area contributed by atoms with Gasteiger partial charge in [0.15, 0.2) is 0 Å². The third-order valence-corrected chi connectivity index (χ3v) is 1.98. The van der Waals surface area contributed by atoms with Gasteiger partial charge in [-0.1, -0.05) is 23.7 Å². The standard InChI is InChI=1S/C10H13ClN2/c1-3-13(2)12-8-9-4-6-10(11)7-5-9/h4-8H,3H2,1-2H3/b12-8+. The molecular weight excluding hydrogens is 184 g/mol. The molecule has 70 valence electrons. The summed E-state index contributed by atoms with van der Waals surface area (Å²) in [5.41, 5.74) is 1.06. The highest BCUT2D eigenvalue weighted by Crippen LogP contribution is 2.07. The zero-order valence-corrected chi connectivity index (χ0v) is 8.62. The minimum atomic E-state index is 0.751. The minimum absolute atomic E-state index is 0.751. The van der Waals surface area contributed by atoms with Crippen LogP contribution in [-0.2, 0) is 0 Å².